The van der Waals surface area contributed by atoms with Gasteiger partial charge in [0.15, 0.2) is 0 Å². The zero-order chi connectivity index (χ0) is 24.2. The van der Waals surface area contributed by atoms with Gasteiger partial charge in [-0.1, -0.05) is 36.4 Å². The molecule has 0 bridgehead atoms. The van der Waals surface area contributed by atoms with Crippen molar-refractivity contribution in [3.05, 3.63) is 77.5 Å². The van der Waals surface area contributed by atoms with Gasteiger partial charge in [-0.05, 0) is 40.6 Å². The van der Waals surface area contributed by atoms with Crippen LogP contribution in [0.1, 0.15) is 21.6 Å². The quantitative estimate of drug-likeness (QED) is 0.164. The van der Waals surface area contributed by atoms with Crippen LogP contribution in [0.5, 0.6) is 5.75 Å². The lowest BCUT2D eigenvalue weighted by molar-refractivity contribution is 0.0944. The summed E-state index contributed by atoms with van der Waals surface area (Å²) < 4.78 is 6.37. The van der Waals surface area contributed by atoms with Crippen LogP contribution in [-0.2, 0) is 11.3 Å². The Morgan fingerprint density at radius 3 is 2.56 bits per heavy atom. The molecule has 0 atom stereocenters. The minimum Gasteiger partial charge on any atom is -0.508 e. The number of ether oxygens (including phenoxy) is 1. The number of nitrogens with two attached hydrogens (primary N) is 1. The van der Waals surface area contributed by atoms with Crippen LogP contribution in [0.4, 0.5) is 4.79 Å². The topological polar surface area (TPSA) is 142 Å². The predicted octanol–water partition coefficient (Wildman–Crippen LogP) is 2.92. The van der Waals surface area contributed by atoms with Crippen LogP contribution >= 0.6 is 0 Å². The fourth-order valence-corrected chi connectivity index (χ4v) is 3.96. The summed E-state index contributed by atoms with van der Waals surface area (Å²) in [7, 11) is 1.27. The van der Waals surface area contributed by atoms with E-state index in [1.807, 2.05) is 34.9 Å². The number of nitrogen functional groups attached to an aromatic ring is 1. The minimum atomic E-state index is -0.573. The highest BCUT2D eigenvalue weighted by molar-refractivity contribution is 6.02. The van der Waals surface area contributed by atoms with E-state index in [-0.39, 0.29) is 30.6 Å². The molecule has 174 valence electrons. The molecule has 4 aromatic rings. The SMILES string of the molecule is COC(=O)NCCNC(=O)c1cc2ccc(C(=N)N)cc2n1Cc1cc(O)cc2ccccc12. The van der Waals surface area contributed by atoms with Gasteiger partial charge in [0.05, 0.1) is 7.11 Å². The summed E-state index contributed by atoms with van der Waals surface area (Å²) in [5.41, 5.74) is 8.22. The number of nitrogens with zero attached hydrogens (tertiary/aromatic N) is 1. The lowest BCUT2D eigenvalue weighted by Gasteiger charge is -2.14. The molecule has 0 saturated heterocycles. The van der Waals surface area contributed by atoms with Crippen LogP contribution in [0.2, 0.25) is 0 Å². The van der Waals surface area contributed by atoms with E-state index in [4.69, 9.17) is 11.1 Å². The second-order valence-corrected chi connectivity index (χ2v) is 7.80. The average molecular weight is 460 g/mol. The van der Waals surface area contributed by atoms with E-state index in [1.165, 1.54) is 7.11 Å². The maximum Gasteiger partial charge on any atom is 0.406 e. The molecular formula is C25H25N5O4. The molecule has 3 aromatic carbocycles. The van der Waals surface area contributed by atoms with Gasteiger partial charge in [0.25, 0.3) is 5.91 Å². The standard InChI is InChI=1S/C25H25N5O4/c1-34-25(33)29-9-8-28-24(32)22-12-16-6-7-17(23(26)27)13-21(16)30(22)14-18-11-19(31)10-15-4-2-3-5-20(15)18/h2-7,10-13,31H,8-9,14H2,1H3,(H3,26,27)(H,28,32)(H,29,33). The molecule has 0 aliphatic heterocycles. The minimum absolute atomic E-state index is 0.0719. The molecular weight excluding hydrogens is 434 g/mol. The molecule has 1 heterocycles. The molecule has 9 nitrogen and oxygen atoms in total. The number of aromatic hydroxyl groups is 1. The molecule has 0 saturated carbocycles. The molecule has 0 aliphatic rings. The van der Waals surface area contributed by atoms with Crippen molar-refractivity contribution in [2.24, 2.45) is 5.73 Å². The zero-order valence-electron chi connectivity index (χ0n) is 18.6. The number of nitrogens with one attached hydrogen (secondary N) is 3. The van der Waals surface area contributed by atoms with E-state index in [0.29, 0.717) is 17.8 Å². The Labute approximate surface area is 195 Å². The Balaban J connectivity index is 1.74. The van der Waals surface area contributed by atoms with Gasteiger partial charge in [0.2, 0.25) is 0 Å². The third-order valence-corrected chi connectivity index (χ3v) is 5.57. The average Bonchev–Trinajstić information content (AvgIpc) is 3.19. The van der Waals surface area contributed by atoms with Crippen molar-refractivity contribution in [3.63, 3.8) is 0 Å². The summed E-state index contributed by atoms with van der Waals surface area (Å²) in [5, 5.41) is 26.1. The predicted molar refractivity (Wildman–Crippen MR) is 130 cm³/mol. The summed E-state index contributed by atoms with van der Waals surface area (Å²) in [6, 6.07) is 18.2. The second kappa shape index (κ2) is 9.53. The Kier molecular flexibility index (Phi) is 6.35. The fourth-order valence-electron chi connectivity index (χ4n) is 3.96. The normalized spacial score (nSPS) is 10.9. The number of rotatable bonds is 7. The van der Waals surface area contributed by atoms with E-state index >= 15 is 0 Å². The van der Waals surface area contributed by atoms with Crippen LogP contribution in [0.15, 0.2) is 60.7 Å². The Hall–Kier alpha value is -4.53. The fraction of sp³-hybridized carbons (Fsp3) is 0.160. The maximum atomic E-state index is 13.1. The monoisotopic (exact) mass is 459 g/mol. The Morgan fingerprint density at radius 2 is 1.79 bits per heavy atom. The highest BCUT2D eigenvalue weighted by Gasteiger charge is 2.18. The molecule has 1 aromatic heterocycles. The van der Waals surface area contributed by atoms with Gasteiger partial charge in [0.1, 0.15) is 17.3 Å². The van der Waals surface area contributed by atoms with E-state index in [0.717, 1.165) is 27.2 Å². The first-order chi connectivity index (χ1) is 16.4. The zero-order valence-corrected chi connectivity index (χ0v) is 18.6. The number of hydrogen-bond donors (Lipinski definition) is 5. The lowest BCUT2D eigenvalue weighted by Crippen LogP contribution is -2.35. The maximum absolute atomic E-state index is 13.1. The Bertz CT molecular complexity index is 1410. The number of phenolic OH excluding ortho intramolecular Hbond substituents is 1. The number of fused-ring (bicyclic) bond motifs is 2. The van der Waals surface area contributed by atoms with Crippen molar-refractivity contribution < 1.29 is 19.4 Å². The molecule has 0 radical (unpaired) electrons. The van der Waals surface area contributed by atoms with E-state index in [1.54, 1.807) is 30.3 Å². The number of aromatic nitrogens is 1. The summed E-state index contributed by atoms with van der Waals surface area (Å²) >= 11 is 0. The largest absolute Gasteiger partial charge is 0.508 e. The van der Waals surface area contributed by atoms with Crippen LogP contribution in [-0.4, -0.2) is 47.7 Å². The molecule has 2 amide bonds. The van der Waals surface area contributed by atoms with Gasteiger partial charge >= 0.3 is 6.09 Å². The van der Waals surface area contributed by atoms with E-state index in [2.05, 4.69) is 15.4 Å². The van der Waals surface area contributed by atoms with Crippen molar-refractivity contribution in [2.75, 3.05) is 20.2 Å². The van der Waals surface area contributed by atoms with Crippen molar-refractivity contribution in [2.45, 2.75) is 6.54 Å². The van der Waals surface area contributed by atoms with Crippen LogP contribution in [0, 0.1) is 5.41 Å². The lowest BCUT2D eigenvalue weighted by atomic mass is 10.0. The van der Waals surface area contributed by atoms with Gasteiger partial charge in [0, 0.05) is 36.1 Å². The molecule has 0 fully saturated rings. The summed E-state index contributed by atoms with van der Waals surface area (Å²) in [5.74, 6) is -0.261. The van der Waals surface area contributed by atoms with Gasteiger partial charge in [-0.3, -0.25) is 10.2 Å². The Morgan fingerprint density at radius 1 is 1.03 bits per heavy atom. The second-order valence-electron chi connectivity index (χ2n) is 7.80. The molecule has 0 unspecified atom stereocenters. The van der Waals surface area contributed by atoms with E-state index < -0.39 is 6.09 Å². The van der Waals surface area contributed by atoms with Crippen molar-refractivity contribution in [1.29, 1.82) is 5.41 Å². The van der Waals surface area contributed by atoms with Crippen molar-refractivity contribution in [1.82, 2.24) is 15.2 Å². The molecule has 4 rings (SSSR count). The highest BCUT2D eigenvalue weighted by Crippen LogP contribution is 2.28. The number of amidine groups is 1. The first-order valence-electron chi connectivity index (χ1n) is 10.7. The van der Waals surface area contributed by atoms with E-state index in [9.17, 15) is 14.7 Å². The highest BCUT2D eigenvalue weighted by atomic mass is 16.5. The number of amides is 2. The molecule has 6 N–H and O–H groups in total. The number of benzene rings is 3. The van der Waals surface area contributed by atoms with Gasteiger partial charge in [-0.2, -0.15) is 0 Å². The van der Waals surface area contributed by atoms with Crippen LogP contribution < -0.4 is 16.4 Å². The molecule has 9 heteroatoms. The first-order valence-corrected chi connectivity index (χ1v) is 10.7. The molecule has 34 heavy (non-hydrogen) atoms. The van der Waals surface area contributed by atoms with Gasteiger partial charge < -0.3 is 30.8 Å². The number of alkyl carbamates (subject to hydrolysis) is 1. The molecule has 0 aliphatic carbocycles. The summed E-state index contributed by atoms with van der Waals surface area (Å²) in [6.45, 7) is 0.733. The third-order valence-electron chi connectivity index (χ3n) is 5.57. The number of carbonyl (C=O) groups excluding carboxylic acids is 2. The van der Waals surface area contributed by atoms with Crippen molar-refractivity contribution >= 4 is 39.5 Å². The number of phenols is 1. The van der Waals surface area contributed by atoms with Gasteiger partial charge in [-0.15, -0.1) is 0 Å². The van der Waals surface area contributed by atoms with Crippen LogP contribution in [0.3, 0.4) is 0 Å². The van der Waals surface area contributed by atoms with Crippen molar-refractivity contribution in [3.8, 4) is 5.75 Å². The summed E-state index contributed by atoms with van der Waals surface area (Å²) in [6.07, 6.45) is -0.573. The summed E-state index contributed by atoms with van der Waals surface area (Å²) in [4.78, 5) is 24.3. The third kappa shape index (κ3) is 4.63. The number of methoxy groups -OCH3 is 1. The smallest absolute Gasteiger partial charge is 0.406 e. The molecule has 0 spiro atoms. The van der Waals surface area contributed by atoms with Crippen LogP contribution in [0.25, 0.3) is 21.7 Å². The number of hydrogen-bond acceptors (Lipinski definition) is 5. The number of carbonyl (C=O) groups is 2. The first kappa shape index (κ1) is 22.7. The van der Waals surface area contributed by atoms with Gasteiger partial charge in [-0.25, -0.2) is 4.79 Å².